The van der Waals surface area contributed by atoms with Crippen molar-refractivity contribution in [3.05, 3.63) is 70.9 Å². The van der Waals surface area contributed by atoms with Crippen molar-refractivity contribution in [2.75, 3.05) is 0 Å². The molecule has 3 aromatic rings. The van der Waals surface area contributed by atoms with Crippen LogP contribution in [-0.4, -0.2) is 16.9 Å². The van der Waals surface area contributed by atoms with Crippen molar-refractivity contribution in [3.8, 4) is 0 Å². The third kappa shape index (κ3) is 3.15. The Bertz CT molecular complexity index is 792. The Morgan fingerprint density at radius 1 is 1.18 bits per heavy atom. The smallest absolute Gasteiger partial charge is 0.251 e. The summed E-state index contributed by atoms with van der Waals surface area (Å²) in [4.78, 5) is 15.5. The average molecular weight is 313 g/mol. The molecule has 0 aliphatic carbocycles. The molecule has 1 atom stereocenters. The predicted molar refractivity (Wildman–Crippen MR) is 90.4 cm³/mol. The zero-order valence-electron chi connectivity index (χ0n) is 12.3. The highest BCUT2D eigenvalue weighted by atomic mass is 35.5. The zero-order chi connectivity index (χ0) is 15.5. The largest absolute Gasteiger partial charge is 0.361 e. The number of aromatic amines is 1. The molecule has 0 spiro atoms. The molecule has 0 radical (unpaired) electrons. The summed E-state index contributed by atoms with van der Waals surface area (Å²) in [7, 11) is 0. The van der Waals surface area contributed by atoms with Crippen LogP contribution in [0.1, 0.15) is 22.8 Å². The van der Waals surface area contributed by atoms with E-state index in [0.717, 1.165) is 11.9 Å². The molecule has 2 N–H and O–H groups in total. The molecule has 0 fully saturated rings. The molecule has 0 saturated heterocycles. The van der Waals surface area contributed by atoms with Gasteiger partial charge in [0.2, 0.25) is 0 Å². The van der Waals surface area contributed by atoms with E-state index in [2.05, 4.69) is 22.4 Å². The topological polar surface area (TPSA) is 44.9 Å². The molecule has 0 aliphatic rings. The lowest BCUT2D eigenvalue weighted by molar-refractivity contribution is 0.0940. The number of rotatable bonds is 4. The average Bonchev–Trinajstić information content (AvgIpc) is 2.91. The summed E-state index contributed by atoms with van der Waals surface area (Å²) < 4.78 is 0. The van der Waals surface area contributed by atoms with Gasteiger partial charge in [-0.3, -0.25) is 4.79 Å². The Balaban J connectivity index is 1.68. The maximum Gasteiger partial charge on any atom is 0.251 e. The van der Waals surface area contributed by atoms with Gasteiger partial charge in [0.1, 0.15) is 0 Å². The van der Waals surface area contributed by atoms with Gasteiger partial charge in [-0.2, -0.15) is 0 Å². The molecule has 3 rings (SSSR count). The van der Waals surface area contributed by atoms with Gasteiger partial charge in [0, 0.05) is 33.7 Å². The number of fused-ring (bicyclic) bond motifs is 1. The van der Waals surface area contributed by atoms with Crippen LogP contribution in [-0.2, 0) is 6.42 Å². The van der Waals surface area contributed by atoms with Gasteiger partial charge in [-0.05, 0) is 49.2 Å². The van der Waals surface area contributed by atoms with E-state index >= 15 is 0 Å². The first-order valence-electron chi connectivity index (χ1n) is 7.25. The van der Waals surface area contributed by atoms with Crippen LogP contribution in [0.5, 0.6) is 0 Å². The highest BCUT2D eigenvalue weighted by Crippen LogP contribution is 2.19. The van der Waals surface area contributed by atoms with Crippen molar-refractivity contribution < 1.29 is 4.79 Å². The number of carbonyl (C=O) groups excluding carboxylic acids is 1. The van der Waals surface area contributed by atoms with E-state index in [9.17, 15) is 4.79 Å². The number of amides is 1. The normalized spacial score (nSPS) is 12.3. The van der Waals surface area contributed by atoms with Crippen LogP contribution in [0, 0.1) is 0 Å². The van der Waals surface area contributed by atoms with Crippen LogP contribution in [0.15, 0.2) is 54.7 Å². The van der Waals surface area contributed by atoms with Crippen molar-refractivity contribution in [1.82, 2.24) is 10.3 Å². The van der Waals surface area contributed by atoms with Crippen molar-refractivity contribution in [2.45, 2.75) is 19.4 Å². The van der Waals surface area contributed by atoms with Crippen molar-refractivity contribution in [2.24, 2.45) is 0 Å². The second-order valence-electron chi connectivity index (χ2n) is 5.45. The number of halogens is 1. The van der Waals surface area contributed by atoms with E-state index in [4.69, 9.17) is 11.6 Å². The lowest BCUT2D eigenvalue weighted by atomic mass is 10.1. The number of para-hydroxylation sites is 1. The van der Waals surface area contributed by atoms with Crippen molar-refractivity contribution >= 4 is 28.4 Å². The van der Waals surface area contributed by atoms with Gasteiger partial charge < -0.3 is 10.3 Å². The van der Waals surface area contributed by atoms with Gasteiger partial charge in [-0.25, -0.2) is 0 Å². The summed E-state index contributed by atoms with van der Waals surface area (Å²) >= 11 is 5.84. The highest BCUT2D eigenvalue weighted by molar-refractivity contribution is 6.30. The van der Waals surface area contributed by atoms with Crippen LogP contribution < -0.4 is 5.32 Å². The quantitative estimate of drug-likeness (QED) is 0.745. The maximum absolute atomic E-state index is 12.2. The Labute approximate surface area is 134 Å². The molecular formula is C18H17ClN2O. The molecule has 0 bridgehead atoms. The number of H-pyrrole nitrogens is 1. The summed E-state index contributed by atoms with van der Waals surface area (Å²) in [6.45, 7) is 2.01. The van der Waals surface area contributed by atoms with Crippen molar-refractivity contribution in [3.63, 3.8) is 0 Å². The summed E-state index contributed by atoms with van der Waals surface area (Å²) in [5.74, 6) is -0.0796. The third-order valence-electron chi connectivity index (χ3n) is 3.68. The van der Waals surface area contributed by atoms with Gasteiger partial charge in [0.05, 0.1) is 0 Å². The zero-order valence-corrected chi connectivity index (χ0v) is 13.0. The SMILES string of the molecule is C[C@H](Cc1c[nH]c2ccccc12)NC(=O)c1ccc(Cl)cc1. The van der Waals surface area contributed by atoms with Crippen molar-refractivity contribution in [1.29, 1.82) is 0 Å². The van der Waals surface area contributed by atoms with Crippen LogP contribution in [0.25, 0.3) is 10.9 Å². The predicted octanol–water partition coefficient (Wildman–Crippen LogP) is 4.18. The maximum atomic E-state index is 12.2. The minimum absolute atomic E-state index is 0.0439. The molecule has 1 amide bonds. The molecule has 112 valence electrons. The van der Waals surface area contributed by atoms with Gasteiger partial charge >= 0.3 is 0 Å². The Hall–Kier alpha value is -2.26. The molecule has 22 heavy (non-hydrogen) atoms. The fraction of sp³-hybridized carbons (Fsp3) is 0.167. The fourth-order valence-corrected chi connectivity index (χ4v) is 2.72. The second kappa shape index (κ2) is 6.24. The summed E-state index contributed by atoms with van der Waals surface area (Å²) in [6, 6.07) is 15.1. The summed E-state index contributed by atoms with van der Waals surface area (Å²) in [5, 5.41) is 4.85. The highest BCUT2D eigenvalue weighted by Gasteiger charge is 2.12. The molecule has 3 nitrogen and oxygen atoms in total. The number of benzene rings is 2. The minimum Gasteiger partial charge on any atom is -0.361 e. The summed E-state index contributed by atoms with van der Waals surface area (Å²) in [6.07, 6.45) is 2.79. The molecule has 4 heteroatoms. The lowest BCUT2D eigenvalue weighted by Crippen LogP contribution is -2.34. The van der Waals surface area contributed by atoms with E-state index in [1.165, 1.54) is 10.9 Å². The van der Waals surface area contributed by atoms with E-state index in [1.54, 1.807) is 24.3 Å². The fourth-order valence-electron chi connectivity index (χ4n) is 2.59. The Kier molecular flexibility index (Phi) is 4.16. The standard InChI is InChI=1S/C18H17ClN2O/c1-12(21-18(22)13-6-8-15(19)9-7-13)10-14-11-20-17-5-3-2-4-16(14)17/h2-9,11-12,20H,10H2,1H3,(H,21,22)/t12-/m1/s1. The van der Waals surface area contributed by atoms with Crippen LogP contribution >= 0.6 is 11.6 Å². The van der Waals surface area contributed by atoms with Gasteiger partial charge in [0.15, 0.2) is 0 Å². The number of aromatic nitrogens is 1. The number of nitrogens with one attached hydrogen (secondary N) is 2. The Morgan fingerprint density at radius 3 is 2.68 bits per heavy atom. The molecule has 0 saturated carbocycles. The minimum atomic E-state index is -0.0796. The second-order valence-corrected chi connectivity index (χ2v) is 5.88. The van der Waals surface area contributed by atoms with Crippen LogP contribution in [0.2, 0.25) is 5.02 Å². The van der Waals surface area contributed by atoms with Gasteiger partial charge in [0.25, 0.3) is 5.91 Å². The first-order valence-corrected chi connectivity index (χ1v) is 7.62. The van der Waals surface area contributed by atoms with Crippen LogP contribution in [0.4, 0.5) is 0 Å². The van der Waals surface area contributed by atoms with E-state index in [-0.39, 0.29) is 11.9 Å². The van der Waals surface area contributed by atoms with E-state index < -0.39 is 0 Å². The Morgan fingerprint density at radius 2 is 1.91 bits per heavy atom. The van der Waals surface area contributed by atoms with E-state index in [0.29, 0.717) is 10.6 Å². The molecule has 1 heterocycles. The van der Waals surface area contributed by atoms with Gasteiger partial charge in [-0.15, -0.1) is 0 Å². The summed E-state index contributed by atoms with van der Waals surface area (Å²) in [5.41, 5.74) is 2.95. The first-order chi connectivity index (χ1) is 10.6. The van der Waals surface area contributed by atoms with E-state index in [1.807, 2.05) is 25.3 Å². The monoisotopic (exact) mass is 312 g/mol. The molecule has 1 aromatic heterocycles. The molecule has 2 aromatic carbocycles. The third-order valence-corrected chi connectivity index (χ3v) is 3.94. The molecule has 0 aliphatic heterocycles. The number of hydrogen-bond donors (Lipinski definition) is 2. The van der Waals surface area contributed by atoms with Gasteiger partial charge in [-0.1, -0.05) is 29.8 Å². The number of carbonyl (C=O) groups is 1. The van der Waals surface area contributed by atoms with Crippen LogP contribution in [0.3, 0.4) is 0 Å². The molecule has 0 unspecified atom stereocenters. The molecular weight excluding hydrogens is 296 g/mol. The number of hydrogen-bond acceptors (Lipinski definition) is 1. The first kappa shape index (κ1) is 14.7. The lowest BCUT2D eigenvalue weighted by Gasteiger charge is -2.13.